The lowest BCUT2D eigenvalue weighted by molar-refractivity contribution is -0.116. The van der Waals surface area contributed by atoms with Gasteiger partial charge in [0.25, 0.3) is 5.91 Å². The molecule has 19 heavy (non-hydrogen) atoms. The lowest BCUT2D eigenvalue weighted by atomic mass is 10.2. The molecule has 0 spiro atoms. The topological polar surface area (TPSA) is 49.9 Å². The van der Waals surface area contributed by atoms with Crippen molar-refractivity contribution in [1.29, 1.82) is 0 Å². The first-order chi connectivity index (χ1) is 9.08. The third-order valence-electron chi connectivity index (χ3n) is 2.93. The molecule has 6 heteroatoms. The Balaban J connectivity index is 2.31. The van der Waals surface area contributed by atoms with Crippen LogP contribution in [0.2, 0.25) is 0 Å². The highest BCUT2D eigenvalue weighted by molar-refractivity contribution is 6.19. The van der Waals surface area contributed by atoms with E-state index in [1.165, 1.54) is 24.1 Å². The Morgan fingerprint density at radius 2 is 2.11 bits per heavy atom. The Hall–Kier alpha value is -2.11. The van der Waals surface area contributed by atoms with E-state index < -0.39 is 17.8 Å². The first kappa shape index (κ1) is 13.3. The Labute approximate surface area is 110 Å². The van der Waals surface area contributed by atoms with Crippen LogP contribution in [0.1, 0.15) is 13.3 Å². The summed E-state index contributed by atoms with van der Waals surface area (Å²) in [6, 6.07) is 3.56. The van der Waals surface area contributed by atoms with Crippen molar-refractivity contribution in [2.45, 2.75) is 13.3 Å². The summed E-state index contributed by atoms with van der Waals surface area (Å²) in [6.45, 7) is 2.39. The minimum absolute atomic E-state index is 0.00184. The zero-order chi connectivity index (χ0) is 14.0. The summed E-state index contributed by atoms with van der Waals surface area (Å²) in [6.07, 6.45) is 0.748. The summed E-state index contributed by atoms with van der Waals surface area (Å²) in [5.41, 5.74) is -0.0330. The lowest BCUT2D eigenvalue weighted by Gasteiger charge is -2.17. The number of methoxy groups -OCH3 is 1. The maximum Gasteiger partial charge on any atom is 0.331 e. The molecule has 1 aliphatic heterocycles. The van der Waals surface area contributed by atoms with Crippen LogP contribution in [0.25, 0.3) is 0 Å². The molecule has 1 saturated heterocycles. The molecule has 0 N–H and O–H groups in total. The van der Waals surface area contributed by atoms with Crippen molar-refractivity contribution in [1.82, 2.24) is 4.90 Å². The van der Waals surface area contributed by atoms with E-state index in [4.69, 9.17) is 4.74 Å². The van der Waals surface area contributed by atoms with Gasteiger partial charge in [-0.25, -0.2) is 14.1 Å². The van der Waals surface area contributed by atoms with E-state index >= 15 is 0 Å². The summed E-state index contributed by atoms with van der Waals surface area (Å²) in [5, 5.41) is 0. The molecule has 0 radical (unpaired) electrons. The van der Waals surface area contributed by atoms with Crippen LogP contribution in [0.3, 0.4) is 0 Å². The quantitative estimate of drug-likeness (QED) is 0.783. The number of amides is 3. The molecule has 1 aromatic rings. The normalized spacial score (nSPS) is 15.3. The summed E-state index contributed by atoms with van der Waals surface area (Å²) < 4.78 is 18.8. The first-order valence-electron chi connectivity index (χ1n) is 6.04. The smallest absolute Gasteiger partial charge is 0.331 e. The molecule has 2 rings (SSSR count). The van der Waals surface area contributed by atoms with E-state index in [1.54, 1.807) is 0 Å². The van der Waals surface area contributed by atoms with Crippen molar-refractivity contribution < 1.29 is 18.7 Å². The van der Waals surface area contributed by atoms with Crippen LogP contribution in [0, 0.1) is 5.82 Å². The van der Waals surface area contributed by atoms with Crippen molar-refractivity contribution in [3.63, 3.8) is 0 Å². The van der Waals surface area contributed by atoms with Crippen LogP contribution < -0.4 is 9.64 Å². The van der Waals surface area contributed by atoms with Gasteiger partial charge in [0.05, 0.1) is 12.8 Å². The van der Waals surface area contributed by atoms with Gasteiger partial charge < -0.3 is 9.64 Å². The fourth-order valence-corrected chi connectivity index (χ4v) is 2.03. The van der Waals surface area contributed by atoms with E-state index in [9.17, 15) is 14.0 Å². The van der Waals surface area contributed by atoms with E-state index in [0.717, 1.165) is 17.4 Å². The van der Waals surface area contributed by atoms with Gasteiger partial charge in [0, 0.05) is 12.6 Å². The number of halogens is 1. The second-order valence-corrected chi connectivity index (χ2v) is 4.25. The largest absolute Gasteiger partial charge is 0.497 e. The van der Waals surface area contributed by atoms with Crippen LogP contribution in [0.5, 0.6) is 5.75 Å². The van der Waals surface area contributed by atoms with Crippen LogP contribution in [-0.4, -0.2) is 37.0 Å². The number of rotatable bonds is 4. The van der Waals surface area contributed by atoms with Gasteiger partial charge in [0.15, 0.2) is 5.82 Å². The lowest BCUT2D eigenvalue weighted by Crippen LogP contribution is -2.33. The fraction of sp³-hybridized carbons (Fsp3) is 0.385. The molecule has 0 aliphatic carbocycles. The van der Waals surface area contributed by atoms with Gasteiger partial charge in [0.2, 0.25) is 0 Å². The summed E-state index contributed by atoms with van der Waals surface area (Å²) in [4.78, 5) is 26.2. The maximum atomic E-state index is 13.9. The fourth-order valence-electron chi connectivity index (χ4n) is 2.03. The Morgan fingerprint density at radius 1 is 1.37 bits per heavy atom. The Kier molecular flexibility index (Phi) is 3.69. The third-order valence-corrected chi connectivity index (χ3v) is 2.93. The average molecular weight is 266 g/mol. The number of hydrogen-bond acceptors (Lipinski definition) is 3. The number of anilines is 1. The molecule has 0 bridgehead atoms. The van der Waals surface area contributed by atoms with E-state index in [-0.39, 0.29) is 12.2 Å². The minimum Gasteiger partial charge on any atom is -0.497 e. The molecular weight excluding hydrogens is 251 g/mol. The van der Waals surface area contributed by atoms with E-state index in [0.29, 0.717) is 12.3 Å². The molecule has 0 aromatic heterocycles. The van der Waals surface area contributed by atoms with Gasteiger partial charge >= 0.3 is 6.03 Å². The number of nitrogens with zero attached hydrogens (tertiary/aromatic N) is 2. The number of hydrogen-bond donors (Lipinski definition) is 0. The second kappa shape index (κ2) is 5.26. The van der Waals surface area contributed by atoms with Crippen LogP contribution >= 0.6 is 0 Å². The number of benzene rings is 1. The Morgan fingerprint density at radius 3 is 2.68 bits per heavy atom. The van der Waals surface area contributed by atoms with Crippen LogP contribution in [0.4, 0.5) is 14.9 Å². The zero-order valence-electron chi connectivity index (χ0n) is 10.9. The van der Waals surface area contributed by atoms with Gasteiger partial charge in [-0.2, -0.15) is 0 Å². The molecule has 0 unspecified atom stereocenters. The van der Waals surface area contributed by atoms with Crippen LogP contribution in [0.15, 0.2) is 18.2 Å². The molecule has 5 nitrogen and oxygen atoms in total. The van der Waals surface area contributed by atoms with Gasteiger partial charge in [-0.05, 0) is 18.6 Å². The highest BCUT2D eigenvalue weighted by Gasteiger charge is 2.37. The van der Waals surface area contributed by atoms with Crippen LogP contribution in [-0.2, 0) is 4.79 Å². The molecule has 102 valence electrons. The minimum atomic E-state index is -0.653. The highest BCUT2D eigenvalue weighted by Crippen LogP contribution is 2.27. The summed E-state index contributed by atoms with van der Waals surface area (Å²) in [5.74, 6) is -0.729. The molecule has 3 amide bonds. The predicted octanol–water partition coefficient (Wildman–Crippen LogP) is 2.01. The number of imide groups is 1. The Bertz CT molecular complexity index is 519. The standard InChI is InChI=1S/C13H15FN2O3/c1-3-6-15-8-12(17)16(13(15)18)11-5-4-9(19-2)7-10(11)14/h4-5,7H,3,6,8H2,1-2H3. The number of carbonyl (C=O) groups is 2. The molecule has 0 atom stereocenters. The third kappa shape index (κ3) is 2.38. The number of urea groups is 1. The van der Waals surface area contributed by atoms with E-state index in [1.807, 2.05) is 6.92 Å². The van der Waals surface area contributed by atoms with Gasteiger partial charge in [0.1, 0.15) is 12.3 Å². The van der Waals surface area contributed by atoms with Gasteiger partial charge in [-0.15, -0.1) is 0 Å². The van der Waals surface area contributed by atoms with Crippen molar-refractivity contribution in [2.75, 3.05) is 25.1 Å². The monoisotopic (exact) mass is 266 g/mol. The molecule has 1 aromatic carbocycles. The second-order valence-electron chi connectivity index (χ2n) is 4.25. The van der Waals surface area contributed by atoms with Crippen molar-refractivity contribution in [2.24, 2.45) is 0 Å². The number of ether oxygens (including phenoxy) is 1. The maximum absolute atomic E-state index is 13.9. The molecular formula is C13H15FN2O3. The van der Waals surface area contributed by atoms with Gasteiger partial charge in [-0.1, -0.05) is 6.92 Å². The summed E-state index contributed by atoms with van der Waals surface area (Å²) >= 11 is 0. The number of carbonyl (C=O) groups excluding carboxylic acids is 2. The van der Waals surface area contributed by atoms with Crippen molar-refractivity contribution in [3.8, 4) is 5.75 Å². The molecule has 1 aliphatic rings. The molecule has 0 saturated carbocycles. The van der Waals surface area contributed by atoms with E-state index in [2.05, 4.69) is 0 Å². The summed E-state index contributed by atoms with van der Waals surface area (Å²) in [7, 11) is 1.42. The van der Waals surface area contributed by atoms with Gasteiger partial charge in [-0.3, -0.25) is 4.79 Å². The first-order valence-corrected chi connectivity index (χ1v) is 6.04. The average Bonchev–Trinajstić information content (AvgIpc) is 2.66. The SMILES string of the molecule is CCCN1CC(=O)N(c2ccc(OC)cc2F)C1=O. The van der Waals surface area contributed by atoms with Crippen molar-refractivity contribution >= 4 is 17.6 Å². The molecule has 1 heterocycles. The highest BCUT2D eigenvalue weighted by atomic mass is 19.1. The zero-order valence-corrected chi connectivity index (χ0v) is 10.9. The van der Waals surface area contributed by atoms with Crippen molar-refractivity contribution in [3.05, 3.63) is 24.0 Å². The molecule has 1 fully saturated rings. The predicted molar refractivity (Wildman–Crippen MR) is 67.7 cm³/mol.